The van der Waals surface area contributed by atoms with Crippen molar-refractivity contribution >= 4 is 12.4 Å². The quantitative estimate of drug-likeness (QED) is 0.870. The summed E-state index contributed by atoms with van der Waals surface area (Å²) < 4.78 is 44.4. The molecule has 1 atom stereocenters. The Kier molecular flexibility index (Phi) is 7.64. The van der Waals surface area contributed by atoms with Crippen LogP contribution in [0.2, 0.25) is 0 Å². The molecule has 2 rings (SSSR count). The molecule has 1 aromatic rings. The molecule has 1 aliphatic heterocycles. The van der Waals surface area contributed by atoms with Crippen molar-refractivity contribution in [3.8, 4) is 5.75 Å². The molecule has 1 N–H and O–H groups in total. The smallest absolute Gasteiger partial charge is 0.416 e. The summed E-state index contributed by atoms with van der Waals surface area (Å²) in [7, 11) is 1.40. The van der Waals surface area contributed by atoms with Gasteiger partial charge in [-0.15, -0.1) is 12.4 Å². The van der Waals surface area contributed by atoms with E-state index in [-0.39, 0.29) is 24.2 Å². The van der Waals surface area contributed by atoms with Crippen LogP contribution in [0.3, 0.4) is 0 Å². The average molecular weight is 353 g/mol. The van der Waals surface area contributed by atoms with Crippen LogP contribution < -0.4 is 10.1 Å². The Balaban J connectivity index is 0.00000264. The summed E-state index contributed by atoms with van der Waals surface area (Å²) in [5, 5.41) is 3.27. The van der Waals surface area contributed by atoms with Gasteiger partial charge < -0.3 is 10.1 Å². The molecule has 132 valence electrons. The van der Waals surface area contributed by atoms with Gasteiger partial charge in [0.15, 0.2) is 0 Å². The van der Waals surface area contributed by atoms with Gasteiger partial charge in [0, 0.05) is 32.2 Å². The lowest BCUT2D eigenvalue weighted by molar-refractivity contribution is -0.137. The number of alkyl halides is 3. The van der Waals surface area contributed by atoms with Gasteiger partial charge in [-0.25, -0.2) is 0 Å². The maximum atomic E-state index is 13.1. The van der Waals surface area contributed by atoms with Gasteiger partial charge in [0.1, 0.15) is 5.75 Å². The van der Waals surface area contributed by atoms with Crippen LogP contribution in [0.1, 0.15) is 36.9 Å². The standard InChI is InChI=1S/C16H23F3N2O.ClH/c1-3-4-15(21-7-5-20-6-8-21)12-9-13(16(17,18)19)11-14(10-12)22-2;/h9-11,15,20H,3-8H2,1-2H3;1H/t15-;/m1./s1. The second-order valence-electron chi connectivity index (χ2n) is 5.58. The zero-order chi connectivity index (χ0) is 16.2. The number of piperazine rings is 1. The third-order valence-corrected chi connectivity index (χ3v) is 4.03. The Morgan fingerprint density at radius 1 is 1.22 bits per heavy atom. The summed E-state index contributed by atoms with van der Waals surface area (Å²) in [5.74, 6) is 0.265. The van der Waals surface area contributed by atoms with Crippen LogP contribution in [-0.2, 0) is 6.18 Å². The maximum absolute atomic E-state index is 13.1. The van der Waals surface area contributed by atoms with Crippen LogP contribution in [0.15, 0.2) is 18.2 Å². The van der Waals surface area contributed by atoms with Crippen molar-refractivity contribution in [2.75, 3.05) is 33.3 Å². The van der Waals surface area contributed by atoms with Crippen LogP contribution in [0.5, 0.6) is 5.75 Å². The highest BCUT2D eigenvalue weighted by atomic mass is 35.5. The van der Waals surface area contributed by atoms with Crippen LogP contribution >= 0.6 is 12.4 Å². The molecule has 0 radical (unpaired) electrons. The number of nitrogens with zero attached hydrogens (tertiary/aromatic N) is 1. The summed E-state index contributed by atoms with van der Waals surface area (Å²) in [6.07, 6.45) is -2.60. The number of hydrogen-bond donors (Lipinski definition) is 1. The van der Waals surface area contributed by atoms with E-state index in [4.69, 9.17) is 4.74 Å². The first-order valence-corrected chi connectivity index (χ1v) is 7.66. The second kappa shape index (κ2) is 8.76. The summed E-state index contributed by atoms with van der Waals surface area (Å²) in [6.45, 7) is 5.50. The number of benzene rings is 1. The van der Waals surface area contributed by atoms with E-state index in [1.165, 1.54) is 13.2 Å². The molecule has 1 fully saturated rings. The molecule has 1 saturated heterocycles. The highest BCUT2D eigenvalue weighted by molar-refractivity contribution is 5.85. The zero-order valence-corrected chi connectivity index (χ0v) is 14.3. The summed E-state index contributed by atoms with van der Waals surface area (Å²) in [4.78, 5) is 2.26. The fourth-order valence-corrected chi connectivity index (χ4v) is 2.92. The fourth-order valence-electron chi connectivity index (χ4n) is 2.92. The van der Waals surface area contributed by atoms with E-state index >= 15 is 0 Å². The molecule has 0 unspecified atom stereocenters. The first-order chi connectivity index (χ1) is 10.5. The monoisotopic (exact) mass is 352 g/mol. The minimum absolute atomic E-state index is 0. The van der Waals surface area contributed by atoms with Crippen molar-refractivity contribution < 1.29 is 17.9 Å². The predicted molar refractivity (Wildman–Crippen MR) is 87.3 cm³/mol. The van der Waals surface area contributed by atoms with Crippen LogP contribution in [-0.4, -0.2) is 38.2 Å². The van der Waals surface area contributed by atoms with Crippen molar-refractivity contribution in [3.63, 3.8) is 0 Å². The highest BCUT2D eigenvalue weighted by Gasteiger charge is 2.33. The molecule has 7 heteroatoms. The molecular weight excluding hydrogens is 329 g/mol. The third kappa shape index (κ3) is 5.26. The van der Waals surface area contributed by atoms with Gasteiger partial charge in [0.2, 0.25) is 0 Å². The molecule has 0 amide bonds. The largest absolute Gasteiger partial charge is 0.497 e. The van der Waals surface area contributed by atoms with E-state index in [2.05, 4.69) is 17.1 Å². The summed E-state index contributed by atoms with van der Waals surface area (Å²) in [5.41, 5.74) is 0.0495. The lowest BCUT2D eigenvalue weighted by Crippen LogP contribution is -2.45. The molecule has 0 bridgehead atoms. The molecular formula is C16H24ClF3N2O. The molecule has 0 aromatic heterocycles. The van der Waals surface area contributed by atoms with Crippen molar-refractivity contribution in [2.24, 2.45) is 0 Å². The number of rotatable bonds is 5. The Morgan fingerprint density at radius 3 is 2.39 bits per heavy atom. The minimum Gasteiger partial charge on any atom is -0.497 e. The Hall–Kier alpha value is -0.980. The normalized spacial score (nSPS) is 17.4. The van der Waals surface area contributed by atoms with Crippen LogP contribution in [0, 0.1) is 0 Å². The lowest BCUT2D eigenvalue weighted by Gasteiger charge is -2.35. The molecule has 1 heterocycles. The Bertz CT molecular complexity index is 491. The second-order valence-corrected chi connectivity index (χ2v) is 5.58. The maximum Gasteiger partial charge on any atom is 0.416 e. The summed E-state index contributed by atoms with van der Waals surface area (Å²) >= 11 is 0. The molecule has 23 heavy (non-hydrogen) atoms. The van der Waals surface area contributed by atoms with Gasteiger partial charge in [0.05, 0.1) is 12.7 Å². The van der Waals surface area contributed by atoms with Crippen LogP contribution in [0.4, 0.5) is 13.2 Å². The summed E-state index contributed by atoms with van der Waals surface area (Å²) in [6, 6.07) is 4.07. The van der Waals surface area contributed by atoms with Gasteiger partial charge in [-0.2, -0.15) is 13.2 Å². The zero-order valence-electron chi connectivity index (χ0n) is 13.4. The van der Waals surface area contributed by atoms with Gasteiger partial charge >= 0.3 is 6.18 Å². The first-order valence-electron chi connectivity index (χ1n) is 7.66. The highest BCUT2D eigenvalue weighted by Crippen LogP contribution is 2.36. The average Bonchev–Trinajstić information content (AvgIpc) is 2.52. The first kappa shape index (κ1) is 20.1. The van der Waals surface area contributed by atoms with Crippen molar-refractivity contribution in [1.82, 2.24) is 10.2 Å². The SMILES string of the molecule is CCC[C@H](c1cc(OC)cc(C(F)(F)F)c1)N1CCNCC1.Cl. The number of hydrogen-bond acceptors (Lipinski definition) is 3. The molecule has 3 nitrogen and oxygen atoms in total. The molecule has 0 saturated carbocycles. The van der Waals surface area contributed by atoms with E-state index < -0.39 is 11.7 Å². The van der Waals surface area contributed by atoms with E-state index in [1.54, 1.807) is 6.07 Å². The van der Waals surface area contributed by atoms with Crippen molar-refractivity contribution in [2.45, 2.75) is 32.0 Å². The van der Waals surface area contributed by atoms with E-state index in [0.717, 1.165) is 45.1 Å². The molecule has 1 aromatic carbocycles. The predicted octanol–water partition coefficient (Wildman–Crippen LogP) is 3.88. The number of nitrogens with one attached hydrogen (secondary N) is 1. The van der Waals surface area contributed by atoms with Crippen molar-refractivity contribution in [1.29, 1.82) is 0 Å². The van der Waals surface area contributed by atoms with Gasteiger partial charge in [0.25, 0.3) is 0 Å². The van der Waals surface area contributed by atoms with E-state index in [1.807, 2.05) is 0 Å². The van der Waals surface area contributed by atoms with Gasteiger partial charge in [-0.1, -0.05) is 13.3 Å². The Labute approximate surface area is 141 Å². The molecule has 0 aliphatic carbocycles. The molecule has 1 aliphatic rings. The molecule has 0 spiro atoms. The van der Waals surface area contributed by atoms with Crippen LogP contribution in [0.25, 0.3) is 0 Å². The fraction of sp³-hybridized carbons (Fsp3) is 0.625. The topological polar surface area (TPSA) is 24.5 Å². The number of methoxy groups -OCH3 is 1. The van der Waals surface area contributed by atoms with Crippen molar-refractivity contribution in [3.05, 3.63) is 29.3 Å². The van der Waals surface area contributed by atoms with E-state index in [9.17, 15) is 13.2 Å². The van der Waals surface area contributed by atoms with E-state index in [0.29, 0.717) is 5.56 Å². The lowest BCUT2D eigenvalue weighted by atomic mass is 9.97. The minimum atomic E-state index is -4.36. The van der Waals surface area contributed by atoms with Gasteiger partial charge in [-0.05, 0) is 30.2 Å². The Morgan fingerprint density at radius 2 is 1.87 bits per heavy atom. The third-order valence-electron chi connectivity index (χ3n) is 4.03. The number of ether oxygens (including phenoxy) is 1. The number of halogens is 4. The van der Waals surface area contributed by atoms with Gasteiger partial charge in [-0.3, -0.25) is 4.90 Å².